The third-order valence-electron chi connectivity index (χ3n) is 2.50. The maximum atomic E-state index is 14.0. The largest absolute Gasteiger partial charge is 0.357 e. The van der Waals surface area contributed by atoms with Crippen molar-refractivity contribution in [3.05, 3.63) is 24.0 Å². The second-order valence-corrected chi connectivity index (χ2v) is 9.56. The Balaban J connectivity index is 3.07. The number of halogens is 1. The molecule has 1 aromatic carbocycles. The van der Waals surface area contributed by atoms with Gasteiger partial charge in [-0.15, -0.1) is 11.8 Å². The summed E-state index contributed by atoms with van der Waals surface area (Å²) < 4.78 is 65.3. The van der Waals surface area contributed by atoms with Crippen molar-refractivity contribution in [3.63, 3.8) is 0 Å². The van der Waals surface area contributed by atoms with E-state index in [0.29, 0.717) is 5.75 Å². The van der Waals surface area contributed by atoms with Crippen molar-refractivity contribution >= 4 is 29.5 Å². The maximum Gasteiger partial charge on any atom is 0.357 e. The lowest BCUT2D eigenvalue weighted by Crippen LogP contribution is -2.14. The molecule has 0 aliphatic rings. The van der Waals surface area contributed by atoms with Crippen molar-refractivity contribution in [2.75, 3.05) is 19.2 Å². The van der Waals surface area contributed by atoms with Gasteiger partial charge in [-0.25, -0.2) is 4.39 Å². The molecule has 0 N–H and O–H groups in total. The first kappa shape index (κ1) is 20.6. The van der Waals surface area contributed by atoms with Gasteiger partial charge < -0.3 is 9.05 Å². The molecular formula is C13H20FO6PS2. The first-order valence-electron chi connectivity index (χ1n) is 6.79. The van der Waals surface area contributed by atoms with Crippen LogP contribution in [0.3, 0.4) is 0 Å². The lowest BCUT2D eigenvalue weighted by atomic mass is 10.3. The lowest BCUT2D eigenvalue weighted by molar-refractivity contribution is 0.171. The SMILES string of the molecule is CCSc1cccc(F)c1S(=O)(=O)OCP(=O)(OC)OC(C)C. The molecule has 1 aromatic rings. The molecule has 0 saturated carbocycles. The average molecular weight is 386 g/mol. The summed E-state index contributed by atoms with van der Waals surface area (Å²) in [7, 11) is -7.07. The molecular weight excluding hydrogens is 366 g/mol. The molecule has 0 amide bonds. The number of rotatable bonds is 9. The Bertz CT molecular complexity index is 677. The van der Waals surface area contributed by atoms with E-state index >= 15 is 0 Å². The van der Waals surface area contributed by atoms with Gasteiger partial charge in [0.2, 0.25) is 0 Å². The van der Waals surface area contributed by atoms with E-state index in [-0.39, 0.29) is 4.90 Å². The molecule has 0 aliphatic carbocycles. The molecule has 0 radical (unpaired) electrons. The Hall–Kier alpha value is -0.440. The highest BCUT2D eigenvalue weighted by Gasteiger charge is 2.31. The van der Waals surface area contributed by atoms with Gasteiger partial charge in [-0.2, -0.15) is 8.42 Å². The third kappa shape index (κ3) is 5.85. The summed E-state index contributed by atoms with van der Waals surface area (Å²) in [5.41, 5.74) is 0. The molecule has 0 spiro atoms. The Labute approximate surface area is 140 Å². The highest BCUT2D eigenvalue weighted by molar-refractivity contribution is 8.00. The van der Waals surface area contributed by atoms with E-state index < -0.39 is 40.9 Å². The van der Waals surface area contributed by atoms with Crippen LogP contribution in [0.5, 0.6) is 0 Å². The standard InChI is InChI=1S/C13H20FO6PS2/c1-5-22-12-8-6-7-11(14)13(12)23(16,17)19-9-21(15,18-4)20-10(2)3/h6-8,10H,5,9H2,1-4H3. The molecule has 1 rings (SSSR count). The summed E-state index contributed by atoms with van der Waals surface area (Å²) in [4.78, 5) is -0.344. The van der Waals surface area contributed by atoms with E-state index in [1.54, 1.807) is 13.8 Å². The molecule has 1 atom stereocenters. The number of hydrogen-bond donors (Lipinski definition) is 0. The summed E-state index contributed by atoms with van der Waals surface area (Å²) in [5, 5.41) is 0. The smallest absolute Gasteiger partial charge is 0.310 e. The van der Waals surface area contributed by atoms with Gasteiger partial charge >= 0.3 is 17.7 Å². The van der Waals surface area contributed by atoms with Crippen LogP contribution in [0, 0.1) is 5.82 Å². The summed E-state index contributed by atoms with van der Waals surface area (Å²) >= 11 is 1.16. The van der Waals surface area contributed by atoms with Crippen LogP contribution >= 0.6 is 19.4 Å². The molecule has 0 saturated heterocycles. The molecule has 23 heavy (non-hydrogen) atoms. The first-order chi connectivity index (χ1) is 10.6. The molecule has 132 valence electrons. The van der Waals surface area contributed by atoms with Crippen LogP contribution in [0.15, 0.2) is 28.0 Å². The second-order valence-electron chi connectivity index (χ2n) is 4.65. The summed E-state index contributed by atoms with van der Waals surface area (Å²) in [6.07, 6.45) is -1.28. The quantitative estimate of drug-likeness (QED) is 0.362. The zero-order chi connectivity index (χ0) is 17.7. The van der Waals surface area contributed by atoms with Crippen molar-refractivity contribution < 1.29 is 30.6 Å². The highest BCUT2D eigenvalue weighted by Crippen LogP contribution is 2.49. The van der Waals surface area contributed by atoms with E-state index in [1.807, 2.05) is 6.92 Å². The van der Waals surface area contributed by atoms with E-state index in [4.69, 9.17) is 13.2 Å². The zero-order valence-electron chi connectivity index (χ0n) is 13.3. The number of benzene rings is 1. The minimum absolute atomic E-state index is 0.226. The maximum absolute atomic E-state index is 14.0. The fourth-order valence-electron chi connectivity index (χ4n) is 1.64. The van der Waals surface area contributed by atoms with Gasteiger partial charge in [-0.3, -0.25) is 8.75 Å². The van der Waals surface area contributed by atoms with Gasteiger partial charge in [0.05, 0.1) is 6.10 Å². The van der Waals surface area contributed by atoms with Crippen molar-refractivity contribution in [2.24, 2.45) is 0 Å². The average Bonchev–Trinajstić information content (AvgIpc) is 2.45. The summed E-state index contributed by atoms with van der Waals surface area (Å²) in [5.74, 6) is -0.376. The van der Waals surface area contributed by atoms with E-state index in [2.05, 4.69) is 0 Å². The summed E-state index contributed by atoms with van der Waals surface area (Å²) in [6, 6.07) is 3.92. The van der Waals surface area contributed by atoms with Crippen LogP contribution in [-0.4, -0.2) is 33.7 Å². The van der Waals surface area contributed by atoms with Crippen LogP contribution in [0.1, 0.15) is 20.8 Å². The Kier molecular flexibility index (Phi) is 7.70. The van der Waals surface area contributed by atoms with Gasteiger partial charge in [0.25, 0.3) is 0 Å². The van der Waals surface area contributed by atoms with E-state index in [0.717, 1.165) is 24.9 Å². The third-order valence-corrected chi connectivity index (χ3v) is 6.83. The predicted octanol–water partition coefficient (Wildman–Crippen LogP) is 3.87. The van der Waals surface area contributed by atoms with Crippen LogP contribution < -0.4 is 0 Å². The molecule has 0 bridgehead atoms. The van der Waals surface area contributed by atoms with Gasteiger partial charge in [0.1, 0.15) is 10.7 Å². The molecule has 0 aliphatic heterocycles. The molecule has 0 fully saturated rings. The van der Waals surface area contributed by atoms with Crippen molar-refractivity contribution in [3.8, 4) is 0 Å². The monoisotopic (exact) mass is 386 g/mol. The van der Waals surface area contributed by atoms with Gasteiger partial charge in [0.15, 0.2) is 6.35 Å². The Morgan fingerprint density at radius 3 is 2.52 bits per heavy atom. The van der Waals surface area contributed by atoms with Gasteiger partial charge in [0, 0.05) is 12.0 Å². The first-order valence-corrected chi connectivity index (χ1v) is 10.9. The van der Waals surface area contributed by atoms with Crippen molar-refractivity contribution in [1.29, 1.82) is 0 Å². The van der Waals surface area contributed by atoms with Crippen LogP contribution in [0.4, 0.5) is 4.39 Å². The van der Waals surface area contributed by atoms with E-state index in [1.165, 1.54) is 12.1 Å². The lowest BCUT2D eigenvalue weighted by Gasteiger charge is -2.19. The highest BCUT2D eigenvalue weighted by atomic mass is 32.2. The molecule has 0 heterocycles. The Morgan fingerprint density at radius 2 is 2.00 bits per heavy atom. The van der Waals surface area contributed by atoms with Gasteiger partial charge in [-0.1, -0.05) is 13.0 Å². The number of hydrogen-bond acceptors (Lipinski definition) is 7. The fourth-order valence-corrected chi connectivity index (χ4v) is 5.54. The minimum Gasteiger partial charge on any atom is -0.310 e. The Morgan fingerprint density at radius 1 is 1.35 bits per heavy atom. The molecule has 0 aromatic heterocycles. The normalized spacial score (nSPS) is 14.9. The topological polar surface area (TPSA) is 78.9 Å². The fraction of sp³-hybridized carbons (Fsp3) is 0.538. The van der Waals surface area contributed by atoms with E-state index in [9.17, 15) is 17.4 Å². The van der Waals surface area contributed by atoms with Crippen molar-refractivity contribution in [1.82, 2.24) is 0 Å². The summed E-state index contributed by atoms with van der Waals surface area (Å²) in [6.45, 7) is 5.04. The molecule has 10 heteroatoms. The molecule has 1 unspecified atom stereocenters. The van der Waals surface area contributed by atoms with Crippen LogP contribution in [0.2, 0.25) is 0 Å². The van der Waals surface area contributed by atoms with Gasteiger partial charge in [-0.05, 0) is 31.7 Å². The number of thioether (sulfide) groups is 1. The molecule has 6 nitrogen and oxygen atoms in total. The zero-order valence-corrected chi connectivity index (χ0v) is 15.8. The minimum atomic E-state index is -4.45. The van der Waals surface area contributed by atoms with Crippen LogP contribution in [-0.2, 0) is 27.9 Å². The van der Waals surface area contributed by atoms with Crippen molar-refractivity contribution in [2.45, 2.75) is 36.7 Å². The second kappa shape index (κ2) is 8.60. The predicted molar refractivity (Wildman–Crippen MR) is 86.8 cm³/mol. The van der Waals surface area contributed by atoms with Crippen LogP contribution in [0.25, 0.3) is 0 Å².